The number of carbonyl (C=O) groups is 1. The summed E-state index contributed by atoms with van der Waals surface area (Å²) in [6, 6.07) is 7.82. The third-order valence-electron chi connectivity index (χ3n) is 3.05. The Morgan fingerprint density at radius 3 is 2.50 bits per heavy atom. The Labute approximate surface area is 123 Å². The largest absolute Gasteiger partial charge is 0.465 e. The quantitative estimate of drug-likeness (QED) is 0.635. The van der Waals surface area contributed by atoms with Crippen molar-refractivity contribution in [2.45, 2.75) is 20.8 Å². The van der Waals surface area contributed by atoms with E-state index in [-0.39, 0.29) is 11.1 Å². The second-order valence-electron chi connectivity index (χ2n) is 4.58. The van der Waals surface area contributed by atoms with Crippen LogP contribution in [0.3, 0.4) is 0 Å². The molecule has 1 aromatic rings. The molecule has 2 rings (SSSR count). The van der Waals surface area contributed by atoms with Crippen LogP contribution in [0.5, 0.6) is 0 Å². The standard InChI is InChI=1S/C15H16N2O2S/c1-4-19-14(18)12-10(3)16-15(20)17-13(12)11-7-5-9(2)6-8-11/h5-8,12H,4H2,1-3H3. The van der Waals surface area contributed by atoms with E-state index in [1.807, 2.05) is 31.2 Å². The summed E-state index contributed by atoms with van der Waals surface area (Å²) in [6.07, 6.45) is 0. The van der Waals surface area contributed by atoms with Crippen molar-refractivity contribution in [3.8, 4) is 0 Å². The van der Waals surface area contributed by atoms with Crippen LogP contribution in [0.15, 0.2) is 34.3 Å². The van der Waals surface area contributed by atoms with Gasteiger partial charge >= 0.3 is 5.97 Å². The van der Waals surface area contributed by atoms with Crippen LogP contribution in [0.25, 0.3) is 0 Å². The van der Waals surface area contributed by atoms with Gasteiger partial charge in [0.05, 0.1) is 12.3 Å². The summed E-state index contributed by atoms with van der Waals surface area (Å²) in [4.78, 5) is 20.5. The number of carbonyl (C=O) groups excluding carboxylic acids is 1. The Morgan fingerprint density at radius 2 is 1.90 bits per heavy atom. The summed E-state index contributed by atoms with van der Waals surface area (Å²) < 4.78 is 5.12. The molecule has 0 aliphatic carbocycles. The summed E-state index contributed by atoms with van der Waals surface area (Å²) in [5, 5.41) is 0.249. The molecule has 0 saturated heterocycles. The van der Waals surface area contributed by atoms with Crippen LogP contribution in [0, 0.1) is 12.8 Å². The normalized spacial score (nSPS) is 18.4. The van der Waals surface area contributed by atoms with E-state index in [1.165, 1.54) is 0 Å². The van der Waals surface area contributed by atoms with Crippen molar-refractivity contribution < 1.29 is 9.53 Å². The molecule has 0 N–H and O–H groups in total. The fraction of sp³-hybridized carbons (Fsp3) is 0.333. The molecular formula is C15H16N2O2S. The van der Waals surface area contributed by atoms with Gasteiger partial charge in [0.15, 0.2) is 0 Å². The summed E-state index contributed by atoms with van der Waals surface area (Å²) >= 11 is 5.06. The number of rotatable bonds is 3. The number of hydrogen-bond donors (Lipinski definition) is 0. The molecular weight excluding hydrogens is 272 g/mol. The zero-order chi connectivity index (χ0) is 14.7. The molecule has 1 unspecified atom stereocenters. The van der Waals surface area contributed by atoms with Crippen molar-refractivity contribution in [1.82, 2.24) is 0 Å². The average molecular weight is 288 g/mol. The van der Waals surface area contributed by atoms with E-state index < -0.39 is 5.92 Å². The van der Waals surface area contributed by atoms with E-state index in [1.54, 1.807) is 13.8 Å². The number of aryl methyl sites for hydroxylation is 1. The lowest BCUT2D eigenvalue weighted by molar-refractivity contribution is -0.143. The van der Waals surface area contributed by atoms with Gasteiger partial charge in [-0.2, -0.15) is 0 Å². The van der Waals surface area contributed by atoms with Crippen LogP contribution >= 0.6 is 12.2 Å². The summed E-state index contributed by atoms with van der Waals surface area (Å²) in [5.74, 6) is -0.917. The van der Waals surface area contributed by atoms with Crippen molar-refractivity contribution in [2.75, 3.05) is 6.61 Å². The maximum Gasteiger partial charge on any atom is 0.320 e. The van der Waals surface area contributed by atoms with Crippen molar-refractivity contribution in [1.29, 1.82) is 0 Å². The first-order valence-electron chi connectivity index (χ1n) is 6.44. The number of benzene rings is 1. The molecule has 20 heavy (non-hydrogen) atoms. The number of esters is 1. The first-order valence-corrected chi connectivity index (χ1v) is 6.85. The minimum atomic E-state index is -0.579. The lowest BCUT2D eigenvalue weighted by Gasteiger charge is -2.21. The van der Waals surface area contributed by atoms with Crippen LogP contribution in [-0.2, 0) is 9.53 Å². The second kappa shape index (κ2) is 6.05. The summed E-state index contributed by atoms with van der Waals surface area (Å²) in [6.45, 7) is 5.89. The topological polar surface area (TPSA) is 51.0 Å². The van der Waals surface area contributed by atoms with Crippen molar-refractivity contribution >= 4 is 34.7 Å². The van der Waals surface area contributed by atoms with Gasteiger partial charge in [0.2, 0.25) is 5.11 Å². The molecule has 5 heteroatoms. The smallest absolute Gasteiger partial charge is 0.320 e. The Bertz CT molecular complexity index is 603. The van der Waals surface area contributed by atoms with Crippen molar-refractivity contribution in [3.05, 3.63) is 35.4 Å². The molecule has 1 heterocycles. The van der Waals surface area contributed by atoms with E-state index in [2.05, 4.69) is 9.98 Å². The summed E-state index contributed by atoms with van der Waals surface area (Å²) in [5.41, 5.74) is 3.25. The number of ether oxygens (including phenoxy) is 1. The number of hydrogen-bond acceptors (Lipinski definition) is 3. The third kappa shape index (κ3) is 2.99. The highest BCUT2D eigenvalue weighted by molar-refractivity contribution is 7.80. The molecule has 0 fully saturated rings. The Morgan fingerprint density at radius 1 is 1.25 bits per heavy atom. The van der Waals surface area contributed by atoms with Crippen LogP contribution < -0.4 is 0 Å². The van der Waals surface area contributed by atoms with Crippen molar-refractivity contribution in [2.24, 2.45) is 15.9 Å². The van der Waals surface area contributed by atoms with E-state index in [0.29, 0.717) is 18.0 Å². The van der Waals surface area contributed by atoms with Crippen molar-refractivity contribution in [3.63, 3.8) is 0 Å². The van der Waals surface area contributed by atoms with Gasteiger partial charge in [-0.15, -0.1) is 0 Å². The Hall–Kier alpha value is -1.88. The van der Waals surface area contributed by atoms with Crippen LogP contribution in [0.2, 0.25) is 0 Å². The third-order valence-corrected chi connectivity index (χ3v) is 3.23. The van der Waals surface area contributed by atoms with Gasteiger partial charge in [0.25, 0.3) is 0 Å². The molecule has 0 aromatic heterocycles. The van der Waals surface area contributed by atoms with Gasteiger partial charge in [-0.25, -0.2) is 9.98 Å². The first kappa shape index (κ1) is 14.5. The molecule has 1 atom stereocenters. The maximum absolute atomic E-state index is 12.1. The lowest BCUT2D eigenvalue weighted by atomic mass is 9.91. The molecule has 1 aromatic carbocycles. The molecule has 0 spiro atoms. The van der Waals surface area contributed by atoms with Gasteiger partial charge in [-0.3, -0.25) is 4.79 Å². The Kier molecular flexibility index (Phi) is 4.39. The maximum atomic E-state index is 12.1. The molecule has 1 aliphatic heterocycles. The molecule has 0 amide bonds. The van der Waals surface area contributed by atoms with Crippen LogP contribution in [0.4, 0.5) is 0 Å². The van der Waals surface area contributed by atoms with E-state index in [9.17, 15) is 4.79 Å². The molecule has 104 valence electrons. The minimum Gasteiger partial charge on any atom is -0.465 e. The zero-order valence-corrected chi connectivity index (χ0v) is 12.5. The second-order valence-corrected chi connectivity index (χ2v) is 4.95. The highest BCUT2D eigenvalue weighted by Gasteiger charge is 2.32. The SMILES string of the molecule is CCOC(=O)C1C(C)=NC(=S)N=C1c1ccc(C)cc1. The average Bonchev–Trinajstić information content (AvgIpc) is 2.38. The number of thiocarbonyl (C=S) groups is 1. The minimum absolute atomic E-state index is 0.249. The van der Waals surface area contributed by atoms with Crippen LogP contribution in [-0.4, -0.2) is 29.1 Å². The first-order chi connectivity index (χ1) is 9.52. The zero-order valence-electron chi connectivity index (χ0n) is 11.7. The highest BCUT2D eigenvalue weighted by Crippen LogP contribution is 2.19. The van der Waals surface area contributed by atoms with Gasteiger partial charge in [-0.05, 0) is 38.6 Å². The number of aliphatic imine (C=N–C) groups is 2. The van der Waals surface area contributed by atoms with E-state index in [0.717, 1.165) is 11.1 Å². The lowest BCUT2D eigenvalue weighted by Crippen LogP contribution is -2.36. The predicted octanol–water partition coefficient (Wildman–Crippen LogP) is 2.72. The van der Waals surface area contributed by atoms with Gasteiger partial charge in [0.1, 0.15) is 5.92 Å². The van der Waals surface area contributed by atoms with Gasteiger partial charge < -0.3 is 4.74 Å². The monoisotopic (exact) mass is 288 g/mol. The Balaban J connectivity index is 2.43. The van der Waals surface area contributed by atoms with Crippen LogP contribution in [0.1, 0.15) is 25.0 Å². The predicted molar refractivity (Wildman–Crippen MR) is 83.5 cm³/mol. The molecule has 4 nitrogen and oxygen atoms in total. The van der Waals surface area contributed by atoms with Gasteiger partial charge in [0, 0.05) is 5.71 Å². The molecule has 0 bridgehead atoms. The summed E-state index contributed by atoms with van der Waals surface area (Å²) in [7, 11) is 0. The molecule has 0 radical (unpaired) electrons. The fourth-order valence-electron chi connectivity index (χ4n) is 2.07. The highest BCUT2D eigenvalue weighted by atomic mass is 32.1. The molecule has 1 aliphatic rings. The molecule has 0 saturated carbocycles. The number of nitrogens with zero attached hydrogens (tertiary/aromatic N) is 2. The van der Waals surface area contributed by atoms with E-state index in [4.69, 9.17) is 17.0 Å². The van der Waals surface area contributed by atoms with Gasteiger partial charge in [-0.1, -0.05) is 29.8 Å². The van der Waals surface area contributed by atoms with E-state index >= 15 is 0 Å². The fourth-order valence-corrected chi connectivity index (χ4v) is 2.31.